The van der Waals surface area contributed by atoms with Gasteiger partial charge in [-0.05, 0) is 159 Å². The lowest BCUT2D eigenvalue weighted by Crippen LogP contribution is -2.44. The number of ether oxygens (including phenoxy) is 3. The zero-order valence-electron chi connectivity index (χ0n) is 73.2. The molecule has 3 aliphatic heterocycles. The number of primary amides is 1. The summed E-state index contributed by atoms with van der Waals surface area (Å²) in [5, 5.41) is 35.9. The highest BCUT2D eigenvalue weighted by Gasteiger charge is 2.43. The van der Waals surface area contributed by atoms with E-state index >= 15 is 0 Å². The van der Waals surface area contributed by atoms with Crippen molar-refractivity contribution in [3.8, 4) is 0 Å². The molecule has 9 aromatic heterocycles. The van der Waals surface area contributed by atoms with Crippen molar-refractivity contribution in [2.75, 3.05) is 54.6 Å². The van der Waals surface area contributed by atoms with Crippen molar-refractivity contribution >= 4 is 393 Å². The highest BCUT2D eigenvalue weighted by atomic mass is 35.5. The number of aromatic nitrogens is 3. The molecule has 12 heterocycles. The van der Waals surface area contributed by atoms with E-state index in [4.69, 9.17) is 89.0 Å². The largest absolute Gasteiger partial charge is 0.480 e. The summed E-state index contributed by atoms with van der Waals surface area (Å²) < 4.78 is 58.5. The molecule has 135 heavy (non-hydrogen) atoms. The molecule has 27 nitrogen and oxygen atoms in total. The van der Waals surface area contributed by atoms with Crippen LogP contribution < -0.4 is 38.9 Å². The number of nitrogens with one attached hydrogen (secondary N) is 3. The molecule has 6 atom stereocenters. The summed E-state index contributed by atoms with van der Waals surface area (Å²) in [6, 6.07) is 11.9. The van der Waals surface area contributed by atoms with Crippen molar-refractivity contribution in [2.24, 2.45) is 5.73 Å². The molecule has 756 valence electrons. The Hall–Kier alpha value is -4.75. The lowest BCUT2D eigenvalue weighted by molar-refractivity contribution is -0.142. The van der Waals surface area contributed by atoms with Gasteiger partial charge >= 0.3 is 30.1 Å². The monoisotopic (exact) mass is 2390 g/mol. The number of hydrogen-bond donors (Lipinski definition) is 9. The van der Waals surface area contributed by atoms with Gasteiger partial charge in [0.1, 0.15) is 47.2 Å². The van der Waals surface area contributed by atoms with Crippen molar-refractivity contribution in [3.05, 3.63) is 145 Å². The number of carbonyl (C=O) groups is 10. The Morgan fingerprint density at radius 3 is 1.35 bits per heavy atom. The van der Waals surface area contributed by atoms with E-state index in [9.17, 15) is 61.1 Å². The van der Waals surface area contributed by atoms with Gasteiger partial charge < -0.3 is 63.3 Å². The number of pyridine rings is 1. The number of nitrogens with two attached hydrogens (primary N) is 4. The molecule has 0 spiro atoms. The second-order valence-corrected chi connectivity index (χ2v) is 49.5. The summed E-state index contributed by atoms with van der Waals surface area (Å²) in [5.41, 5.74) is 26.3. The minimum Gasteiger partial charge on any atom is -0.480 e. The SMILES string of the molecule is C.C.CC(=O)Nc1cc(Cl)sc1C.CC(=O)Nc1ccsc1C.CC(C)(C)OC(=O)N1C[C@H](F)C[C@H]1C(=O)O.COC(=O)c1sccc1N.Cc1sc(Cl)cc1CC(=O)[C@@H]1C[C@@H](F)CN1.Cc1sc(Cl)cc1CC(=O)[C@@H]1C[C@@H](F)CN1C(=O)OC(C)(C)C.Cc1sc(Cl)cc1N.Cc1sccc1N.Cl.NC(=O)c1nn(CC(=O)O)c2cnccc12.S.S=S.S=S=S.S=S=S=S.S=S=S=S=S. The number of hydrogen-bond acceptors (Lipinski definition) is 34. The zero-order valence-corrected chi connectivity index (χ0v) is 95.2. The normalized spacial score (nSPS) is 14.6. The van der Waals surface area contributed by atoms with Crippen molar-refractivity contribution in [1.29, 1.82) is 0 Å². The van der Waals surface area contributed by atoms with Gasteiger partial charge in [-0.15, -0.1) is 91.8 Å². The number of halogens is 8. The van der Waals surface area contributed by atoms with E-state index < -0.39 is 71.8 Å². The second kappa shape index (κ2) is 73.3. The number of amides is 5. The predicted molar refractivity (Wildman–Crippen MR) is 599 cm³/mol. The van der Waals surface area contributed by atoms with Crippen LogP contribution in [0.4, 0.5) is 51.2 Å². The number of rotatable bonds is 13. The molecule has 0 unspecified atom stereocenters. The number of nitrogens with zero attached hydrogens (tertiary/aromatic N) is 5. The Morgan fingerprint density at radius 2 is 1.02 bits per heavy atom. The van der Waals surface area contributed by atoms with Crippen LogP contribution >= 0.6 is 152 Å². The van der Waals surface area contributed by atoms with Gasteiger partial charge in [0.2, 0.25) is 11.8 Å². The quantitative estimate of drug-likeness (QED) is 0.0382. The van der Waals surface area contributed by atoms with Crippen LogP contribution in [0, 0.1) is 41.5 Å². The van der Waals surface area contributed by atoms with E-state index in [-0.39, 0.29) is 121 Å². The third-order valence-corrected chi connectivity index (χ3v) is 30.1. The van der Waals surface area contributed by atoms with Crippen LogP contribution in [0.25, 0.3) is 10.9 Å². The smallest absolute Gasteiger partial charge is 0.411 e. The first-order chi connectivity index (χ1) is 61.2. The summed E-state index contributed by atoms with van der Waals surface area (Å²) in [6.07, 6.45) is -1.24. The number of carbonyl (C=O) groups excluding carboxylic acids is 8. The van der Waals surface area contributed by atoms with Crippen molar-refractivity contribution in [2.45, 2.75) is 198 Å². The molecular weight excluding hydrogens is 2280 g/mol. The van der Waals surface area contributed by atoms with Crippen LogP contribution in [0.3, 0.4) is 0 Å². The summed E-state index contributed by atoms with van der Waals surface area (Å²) in [4.78, 5) is 126. The maximum Gasteiger partial charge on any atom is 0.411 e. The number of fused-ring (bicyclic) bond motifs is 1. The van der Waals surface area contributed by atoms with Crippen LogP contribution in [0.5, 0.6) is 0 Å². The van der Waals surface area contributed by atoms with Crippen LogP contribution in [0.2, 0.25) is 17.3 Å². The van der Waals surface area contributed by atoms with E-state index in [1.165, 1.54) is 149 Å². The van der Waals surface area contributed by atoms with E-state index in [0.717, 1.165) is 76.4 Å². The molecule has 0 aliphatic carbocycles. The Bertz CT molecular complexity index is 5460. The highest BCUT2D eigenvalue weighted by Crippen LogP contribution is 2.34. The molecule has 0 radical (unpaired) electrons. The number of carboxylic acid groups (broad SMARTS) is 2. The number of alkyl halides is 3. The number of anilines is 5. The molecule has 0 aromatic carbocycles. The van der Waals surface area contributed by atoms with Gasteiger partial charge in [-0.1, -0.05) is 61.3 Å². The molecule has 9 aromatic rings. The Morgan fingerprint density at radius 1 is 0.585 bits per heavy atom. The molecule has 57 heteroatoms. The van der Waals surface area contributed by atoms with Crippen LogP contribution in [0.15, 0.2) is 77.1 Å². The molecule has 13 N–H and O–H groups in total. The average Bonchev–Trinajstić information content (AvgIpc) is 1.65. The van der Waals surface area contributed by atoms with Crippen LogP contribution in [0.1, 0.15) is 150 Å². The van der Waals surface area contributed by atoms with Gasteiger partial charge in [-0.2, -0.15) is 18.6 Å². The number of esters is 1. The number of aryl methyl sites for hydroxylation is 6. The lowest BCUT2D eigenvalue weighted by Gasteiger charge is -2.27. The average molecular weight is 2390 g/mol. The van der Waals surface area contributed by atoms with Crippen molar-refractivity contribution < 1.29 is 85.5 Å². The van der Waals surface area contributed by atoms with Gasteiger partial charge in [0.15, 0.2) is 17.3 Å². The topological polar surface area (TPSA) is 416 Å². The zero-order chi connectivity index (χ0) is 100. The van der Waals surface area contributed by atoms with E-state index in [2.05, 4.69) is 120 Å². The summed E-state index contributed by atoms with van der Waals surface area (Å²) in [6.45, 7) is 24.5. The van der Waals surface area contributed by atoms with E-state index in [1.54, 1.807) is 99.9 Å². The summed E-state index contributed by atoms with van der Waals surface area (Å²) in [5.74, 6) is -3.53. The van der Waals surface area contributed by atoms with E-state index in [0.29, 0.717) is 53.9 Å². The lowest BCUT2D eigenvalue weighted by atomic mass is 10.0. The molecule has 12 rings (SSSR count). The molecule has 0 bridgehead atoms. The number of likely N-dealkylation sites (tertiary alicyclic amines) is 2. The fourth-order valence-corrected chi connectivity index (χ4v) is 19.9. The van der Waals surface area contributed by atoms with Crippen LogP contribution in [-0.4, -0.2) is 169 Å². The predicted octanol–water partition coefficient (Wildman–Crippen LogP) is 19.2. The minimum atomic E-state index is -1.30. The van der Waals surface area contributed by atoms with Gasteiger partial charge in [-0.3, -0.25) is 48.2 Å². The standard InChI is InChI=1S/C16H21ClFNO3S.C11H13ClFNOS.C10H16FNO4.C9H8N4O3.C7H8ClNOS.C7H9NOS.C6H7NO2S.C5H6ClNS.C5H7NS.2CH4.ClH.S5.S4.S3.S2.H2S/c1-9-10(6-14(17)23-9)5-13(20)12-7-11(18)8-19(12)15(21)22-16(2,3)4;1-6-7(3-11(12)16-6)2-10(15)9-4-8(13)5-14-9;1-10(2,3)16-9(15)12-5-6(11)4-7(12)8(13)14;10-9(16)8-5-1-2-11-3-6(5)13(12-8)4-7(14)15;1-4-6(9-5(2)10)3-7(8)11-4;1-5-7(3-4-10-5)8-6(2)9;1-9-6(8)5-4(7)2-3-10-5;1-3-4(7)2-5(6)8-3;1-4-5(6)2-3-7-4;;;;1-3-5-4-2;1-3-4-2;1-3-2;1-2;/h6,11-12H,5,7-8H2,1-4H3;3,8-9,14H,2,4-5H2,1H3;6-7H,4-5H2,1-3H3,(H,13,14);1-3H,4H2,(H2,10,16)(H,14,15);3H,1-2H3,(H,9,10);3-4H,1-2H3,(H,8,9);2-3H,7H2,1H3;2H,7H2,1H3;2-3H,6H2,1H3;2*1H4;1H;;;;;1H2/t11-,12+;8-,9+;6-,7+;;;;;;;;;;;;;;/m111............../s1. The number of aliphatic carboxylic acids is 2. The Balaban J connectivity index is -0.000000467. The second-order valence-electron chi connectivity index (χ2n) is 28.2. The number of Topliss-reactive ketones (excluding diaryl/α,β-unsaturated/α-hetero) is 2. The number of methoxy groups -OCH3 is 1. The number of ketones is 2. The maximum absolute atomic E-state index is 13.8. The fourth-order valence-electron chi connectivity index (χ4n) is 10.4. The first-order valence-electron chi connectivity index (χ1n) is 37.0. The first kappa shape index (κ1) is 139. The summed E-state index contributed by atoms with van der Waals surface area (Å²) in [7, 11) is 8.54. The molecule has 0 saturated carbocycles. The highest BCUT2D eigenvalue weighted by molar-refractivity contribution is 8.59. The third kappa shape index (κ3) is 56.6. The van der Waals surface area contributed by atoms with E-state index in [1.807, 2.05) is 70.5 Å². The van der Waals surface area contributed by atoms with Gasteiger partial charge in [0, 0.05) is 248 Å². The molecule has 3 fully saturated rings. The number of thiophene rings is 7. The molecule has 3 saturated heterocycles. The van der Waals surface area contributed by atoms with Gasteiger partial charge in [0.05, 0.1) is 78.4 Å². The van der Waals surface area contributed by atoms with Gasteiger partial charge in [0.25, 0.3) is 5.91 Å². The third-order valence-electron chi connectivity index (χ3n) is 16.0. The number of nitrogen functional groups attached to an aromatic ring is 3. The minimum absolute atomic E-state index is 0. The van der Waals surface area contributed by atoms with Crippen molar-refractivity contribution in [1.82, 2.24) is 29.9 Å². The molecule has 3 aliphatic rings. The Labute approximate surface area is 902 Å². The van der Waals surface area contributed by atoms with Crippen LogP contribution in [-0.2, 0) is 205 Å². The molecular formula is C78H106Cl5F3N12O15S22. The number of carboxylic acids is 2. The first-order valence-corrected chi connectivity index (χ1v) is 57.7. The van der Waals surface area contributed by atoms with Gasteiger partial charge in [-0.25, -0.2) is 32.3 Å². The summed E-state index contributed by atoms with van der Waals surface area (Å²) >= 11 is 66.7. The fraction of sp³-hybridized carbons (Fsp3) is 0.436. The maximum atomic E-state index is 13.8. The Kier molecular flexibility index (Phi) is 75.4. The van der Waals surface area contributed by atoms with Crippen molar-refractivity contribution in [3.63, 3.8) is 0 Å². The molecule has 5 amide bonds.